The van der Waals surface area contributed by atoms with Gasteiger partial charge in [0.25, 0.3) is 5.91 Å². The van der Waals surface area contributed by atoms with Crippen molar-refractivity contribution in [2.24, 2.45) is 0 Å². The predicted molar refractivity (Wildman–Crippen MR) is 93.4 cm³/mol. The number of ether oxygens (including phenoxy) is 3. The second-order valence-electron chi connectivity index (χ2n) is 5.21. The molecule has 0 saturated heterocycles. The summed E-state index contributed by atoms with van der Waals surface area (Å²) in [7, 11) is 3.14. The number of amides is 1. The highest BCUT2D eigenvalue weighted by molar-refractivity contribution is 6.32. The van der Waals surface area contributed by atoms with Crippen LogP contribution in [-0.2, 0) is 0 Å². The fraction of sp³-hybridized carbons (Fsp3) is 0.278. The van der Waals surface area contributed by atoms with Gasteiger partial charge >= 0.3 is 0 Å². The maximum atomic E-state index is 12.2. The van der Waals surface area contributed by atoms with E-state index in [1.807, 2.05) is 31.2 Å². The van der Waals surface area contributed by atoms with E-state index in [1.54, 1.807) is 25.3 Å². The van der Waals surface area contributed by atoms with Crippen LogP contribution in [0.5, 0.6) is 17.2 Å². The fourth-order valence-corrected chi connectivity index (χ4v) is 2.31. The van der Waals surface area contributed by atoms with E-state index in [1.165, 1.54) is 7.11 Å². The number of hydrogen-bond acceptors (Lipinski definition) is 4. The Kier molecular flexibility index (Phi) is 6.32. The van der Waals surface area contributed by atoms with Gasteiger partial charge in [0.1, 0.15) is 23.9 Å². The number of carbonyl (C=O) groups is 1. The van der Waals surface area contributed by atoms with Crippen LogP contribution in [0.4, 0.5) is 0 Å². The first-order chi connectivity index (χ1) is 11.5. The lowest BCUT2D eigenvalue weighted by molar-refractivity contribution is 0.0926. The average molecular weight is 350 g/mol. The van der Waals surface area contributed by atoms with Gasteiger partial charge in [-0.1, -0.05) is 11.6 Å². The third kappa shape index (κ3) is 4.80. The summed E-state index contributed by atoms with van der Waals surface area (Å²) in [4.78, 5) is 12.2. The number of hydrogen-bond donors (Lipinski definition) is 1. The van der Waals surface area contributed by atoms with Gasteiger partial charge in [0.05, 0.1) is 25.3 Å². The van der Waals surface area contributed by atoms with Crippen molar-refractivity contribution in [2.75, 3.05) is 20.8 Å². The molecule has 0 radical (unpaired) electrons. The minimum atomic E-state index is -0.217. The highest BCUT2D eigenvalue weighted by atomic mass is 35.5. The summed E-state index contributed by atoms with van der Waals surface area (Å²) in [5, 5.41) is 3.26. The molecule has 0 spiro atoms. The summed E-state index contributed by atoms with van der Waals surface area (Å²) in [6, 6.07) is 12.0. The van der Waals surface area contributed by atoms with Crippen LogP contribution in [0.15, 0.2) is 42.5 Å². The van der Waals surface area contributed by atoms with Crippen molar-refractivity contribution in [2.45, 2.75) is 13.0 Å². The molecule has 0 fully saturated rings. The van der Waals surface area contributed by atoms with E-state index in [9.17, 15) is 4.79 Å². The van der Waals surface area contributed by atoms with Crippen LogP contribution < -0.4 is 19.5 Å². The SMILES string of the molecule is COc1ccc(OCC(C)NC(=O)c2ccc(OC)c(Cl)c2)cc1. The molecule has 2 aromatic carbocycles. The molecule has 0 aliphatic carbocycles. The molecule has 1 N–H and O–H groups in total. The number of nitrogens with one attached hydrogen (secondary N) is 1. The van der Waals surface area contributed by atoms with Crippen molar-refractivity contribution in [1.82, 2.24) is 5.32 Å². The number of rotatable bonds is 7. The smallest absolute Gasteiger partial charge is 0.251 e. The third-order valence-corrected chi connectivity index (χ3v) is 3.65. The zero-order chi connectivity index (χ0) is 17.5. The predicted octanol–water partition coefficient (Wildman–Crippen LogP) is 3.55. The summed E-state index contributed by atoms with van der Waals surface area (Å²) in [5.74, 6) is 1.79. The summed E-state index contributed by atoms with van der Waals surface area (Å²) in [6.45, 7) is 2.22. The first-order valence-electron chi connectivity index (χ1n) is 7.44. The molecule has 0 aliphatic heterocycles. The topological polar surface area (TPSA) is 56.8 Å². The molecule has 2 aromatic rings. The molecule has 5 nitrogen and oxygen atoms in total. The number of halogens is 1. The van der Waals surface area contributed by atoms with E-state index in [0.717, 1.165) is 5.75 Å². The lowest BCUT2D eigenvalue weighted by Crippen LogP contribution is -2.36. The molecule has 0 aromatic heterocycles. The van der Waals surface area contributed by atoms with Gasteiger partial charge in [-0.25, -0.2) is 0 Å². The normalized spacial score (nSPS) is 11.5. The highest BCUT2D eigenvalue weighted by Crippen LogP contribution is 2.24. The monoisotopic (exact) mass is 349 g/mol. The second kappa shape index (κ2) is 8.45. The van der Waals surface area contributed by atoms with Crippen LogP contribution in [0, 0.1) is 0 Å². The van der Waals surface area contributed by atoms with Gasteiger partial charge in [-0.15, -0.1) is 0 Å². The van der Waals surface area contributed by atoms with Crippen LogP contribution in [0.3, 0.4) is 0 Å². The molecule has 0 heterocycles. The van der Waals surface area contributed by atoms with Crippen molar-refractivity contribution < 1.29 is 19.0 Å². The number of methoxy groups -OCH3 is 2. The lowest BCUT2D eigenvalue weighted by Gasteiger charge is -2.15. The molecule has 24 heavy (non-hydrogen) atoms. The average Bonchev–Trinajstić information content (AvgIpc) is 2.60. The largest absolute Gasteiger partial charge is 0.497 e. The van der Waals surface area contributed by atoms with Crippen LogP contribution in [0.2, 0.25) is 5.02 Å². The summed E-state index contributed by atoms with van der Waals surface area (Å²) in [6.07, 6.45) is 0. The molecule has 0 saturated carbocycles. The van der Waals surface area contributed by atoms with Crippen molar-refractivity contribution >= 4 is 17.5 Å². The Bertz CT molecular complexity index is 688. The Balaban J connectivity index is 1.87. The number of benzene rings is 2. The van der Waals surface area contributed by atoms with Crippen LogP contribution in [0.1, 0.15) is 17.3 Å². The molecule has 1 unspecified atom stereocenters. The summed E-state index contributed by atoms with van der Waals surface area (Å²) in [5.41, 5.74) is 0.470. The minimum Gasteiger partial charge on any atom is -0.497 e. The van der Waals surface area contributed by atoms with Gasteiger partial charge in [-0.2, -0.15) is 0 Å². The maximum Gasteiger partial charge on any atom is 0.251 e. The lowest BCUT2D eigenvalue weighted by atomic mass is 10.2. The molecular formula is C18H20ClNO4. The van der Waals surface area contributed by atoms with Crippen molar-refractivity contribution in [3.8, 4) is 17.2 Å². The molecule has 1 amide bonds. The minimum absolute atomic E-state index is 0.166. The Morgan fingerprint density at radius 2 is 1.75 bits per heavy atom. The van der Waals surface area contributed by atoms with Crippen molar-refractivity contribution in [3.05, 3.63) is 53.1 Å². The Labute approximate surface area is 146 Å². The van der Waals surface area contributed by atoms with E-state index in [2.05, 4.69) is 5.32 Å². The molecule has 6 heteroatoms. The number of carbonyl (C=O) groups excluding carboxylic acids is 1. The Hall–Kier alpha value is -2.40. The Morgan fingerprint density at radius 3 is 2.33 bits per heavy atom. The van der Waals surface area contributed by atoms with Gasteiger partial charge in [0.15, 0.2) is 0 Å². The van der Waals surface area contributed by atoms with Gasteiger partial charge in [-0.3, -0.25) is 4.79 Å². The first-order valence-corrected chi connectivity index (χ1v) is 7.82. The fourth-order valence-electron chi connectivity index (χ4n) is 2.05. The van der Waals surface area contributed by atoms with Crippen LogP contribution in [0.25, 0.3) is 0 Å². The molecule has 1 atom stereocenters. The van der Waals surface area contributed by atoms with Crippen molar-refractivity contribution in [1.29, 1.82) is 0 Å². The third-order valence-electron chi connectivity index (χ3n) is 3.35. The van der Waals surface area contributed by atoms with Gasteiger partial charge < -0.3 is 19.5 Å². The molecule has 2 rings (SSSR count). The zero-order valence-electron chi connectivity index (χ0n) is 13.8. The standard InChI is InChI=1S/C18H20ClNO4/c1-12(11-24-15-7-5-14(22-2)6-8-15)20-18(21)13-4-9-17(23-3)16(19)10-13/h4-10,12H,11H2,1-3H3,(H,20,21). The maximum absolute atomic E-state index is 12.2. The summed E-state index contributed by atoms with van der Waals surface area (Å²) >= 11 is 6.04. The molecule has 0 aliphatic rings. The van der Waals surface area contributed by atoms with E-state index in [0.29, 0.717) is 28.7 Å². The van der Waals surface area contributed by atoms with E-state index >= 15 is 0 Å². The first kappa shape index (κ1) is 17.9. The molecule has 0 bridgehead atoms. The van der Waals surface area contributed by atoms with Gasteiger partial charge in [0.2, 0.25) is 0 Å². The zero-order valence-corrected chi connectivity index (χ0v) is 14.6. The van der Waals surface area contributed by atoms with E-state index in [4.69, 9.17) is 25.8 Å². The van der Waals surface area contributed by atoms with Gasteiger partial charge in [0, 0.05) is 5.56 Å². The molecule has 128 valence electrons. The van der Waals surface area contributed by atoms with Crippen LogP contribution in [-0.4, -0.2) is 32.8 Å². The van der Waals surface area contributed by atoms with Crippen molar-refractivity contribution in [3.63, 3.8) is 0 Å². The second-order valence-corrected chi connectivity index (χ2v) is 5.62. The quantitative estimate of drug-likeness (QED) is 0.830. The highest BCUT2D eigenvalue weighted by Gasteiger charge is 2.12. The molecular weight excluding hydrogens is 330 g/mol. The van der Waals surface area contributed by atoms with Crippen LogP contribution >= 0.6 is 11.6 Å². The van der Waals surface area contributed by atoms with E-state index in [-0.39, 0.29) is 11.9 Å². The van der Waals surface area contributed by atoms with E-state index < -0.39 is 0 Å². The Morgan fingerprint density at radius 1 is 1.08 bits per heavy atom. The van der Waals surface area contributed by atoms with Gasteiger partial charge in [-0.05, 0) is 49.4 Å². The summed E-state index contributed by atoms with van der Waals surface area (Å²) < 4.78 is 15.8.